The van der Waals surface area contributed by atoms with Gasteiger partial charge in [-0.05, 0) is 23.8 Å². The maximum atomic E-state index is 6.32. The molecule has 0 aliphatic rings. The van der Waals surface area contributed by atoms with Gasteiger partial charge in [0.2, 0.25) is 0 Å². The van der Waals surface area contributed by atoms with E-state index in [1.54, 1.807) is 0 Å². The Hall–Kier alpha value is -1.03. The number of fused-ring (bicyclic) bond motifs is 1. The summed E-state index contributed by atoms with van der Waals surface area (Å²) in [5.41, 5.74) is 2.97. The Labute approximate surface area is 135 Å². The molecule has 5 heteroatoms. The van der Waals surface area contributed by atoms with E-state index in [4.69, 9.17) is 23.2 Å². The van der Waals surface area contributed by atoms with Crippen LogP contribution in [-0.4, -0.2) is 9.55 Å². The lowest BCUT2D eigenvalue weighted by Crippen LogP contribution is -2.04. The summed E-state index contributed by atoms with van der Waals surface area (Å²) in [6, 6.07) is 13.8. The predicted octanol–water partition coefficient (Wildman–Crippen LogP) is 5.24. The lowest BCUT2D eigenvalue weighted by atomic mass is 10.2. The third-order valence-electron chi connectivity index (χ3n) is 3.20. The molecule has 0 atom stereocenters. The molecule has 2 aromatic carbocycles. The SMILES string of the molecule is ClCc1nc2cccc(Cl)c2n1Cc1ccccc1Br. The Morgan fingerprint density at radius 2 is 1.90 bits per heavy atom. The van der Waals surface area contributed by atoms with Gasteiger partial charge in [0.25, 0.3) is 0 Å². The van der Waals surface area contributed by atoms with Gasteiger partial charge in [-0.15, -0.1) is 11.6 Å². The number of hydrogen-bond acceptors (Lipinski definition) is 1. The summed E-state index contributed by atoms with van der Waals surface area (Å²) in [4.78, 5) is 4.55. The van der Waals surface area contributed by atoms with Crippen molar-refractivity contribution in [3.05, 3.63) is 63.3 Å². The first-order valence-electron chi connectivity index (χ1n) is 6.13. The number of benzene rings is 2. The van der Waals surface area contributed by atoms with Crippen molar-refractivity contribution in [3.8, 4) is 0 Å². The van der Waals surface area contributed by atoms with Crippen molar-refractivity contribution in [1.82, 2.24) is 9.55 Å². The fraction of sp³-hybridized carbons (Fsp3) is 0.133. The molecule has 0 saturated heterocycles. The zero-order valence-electron chi connectivity index (χ0n) is 10.5. The Bertz CT molecular complexity index is 768. The number of imidazole rings is 1. The van der Waals surface area contributed by atoms with Crippen molar-refractivity contribution < 1.29 is 0 Å². The summed E-state index contributed by atoms with van der Waals surface area (Å²) < 4.78 is 3.14. The lowest BCUT2D eigenvalue weighted by Gasteiger charge is -2.10. The minimum atomic E-state index is 0.357. The molecular formula is C15H11BrCl2N2. The Balaban J connectivity index is 2.17. The average Bonchev–Trinajstić information content (AvgIpc) is 2.81. The number of para-hydroxylation sites is 1. The van der Waals surface area contributed by atoms with E-state index in [2.05, 4.69) is 31.5 Å². The summed E-state index contributed by atoms with van der Waals surface area (Å²) in [7, 11) is 0. The van der Waals surface area contributed by atoms with Gasteiger partial charge in [-0.1, -0.05) is 51.8 Å². The van der Waals surface area contributed by atoms with Gasteiger partial charge in [-0.25, -0.2) is 4.98 Å². The minimum absolute atomic E-state index is 0.357. The molecule has 102 valence electrons. The normalized spacial score (nSPS) is 11.2. The molecule has 3 aromatic rings. The third-order valence-corrected chi connectivity index (χ3v) is 4.52. The summed E-state index contributed by atoms with van der Waals surface area (Å²) in [6.45, 7) is 0.684. The van der Waals surface area contributed by atoms with Gasteiger partial charge in [0.05, 0.1) is 28.5 Å². The largest absolute Gasteiger partial charge is 0.321 e. The number of rotatable bonds is 3. The third kappa shape index (κ3) is 2.46. The predicted molar refractivity (Wildman–Crippen MR) is 87.5 cm³/mol. The van der Waals surface area contributed by atoms with E-state index < -0.39 is 0 Å². The highest BCUT2D eigenvalue weighted by atomic mass is 79.9. The van der Waals surface area contributed by atoms with Crippen LogP contribution in [0, 0.1) is 0 Å². The molecular weight excluding hydrogens is 359 g/mol. The molecule has 2 nitrogen and oxygen atoms in total. The van der Waals surface area contributed by atoms with Gasteiger partial charge < -0.3 is 4.57 Å². The maximum absolute atomic E-state index is 6.32. The van der Waals surface area contributed by atoms with Crippen molar-refractivity contribution in [2.45, 2.75) is 12.4 Å². The second-order valence-corrected chi connectivity index (χ2v) is 5.98. The molecule has 0 radical (unpaired) electrons. The molecule has 0 amide bonds. The number of halogens is 3. The van der Waals surface area contributed by atoms with Crippen molar-refractivity contribution in [1.29, 1.82) is 0 Å². The van der Waals surface area contributed by atoms with Crippen LogP contribution >= 0.6 is 39.1 Å². The van der Waals surface area contributed by atoms with Crippen LogP contribution in [0.3, 0.4) is 0 Å². The maximum Gasteiger partial charge on any atom is 0.125 e. The summed E-state index contributed by atoms with van der Waals surface area (Å²) in [6.07, 6.45) is 0. The van der Waals surface area contributed by atoms with Crippen LogP contribution in [0.5, 0.6) is 0 Å². The van der Waals surface area contributed by atoms with E-state index in [0.717, 1.165) is 26.9 Å². The van der Waals surface area contributed by atoms with Crippen LogP contribution in [0.1, 0.15) is 11.4 Å². The van der Waals surface area contributed by atoms with E-state index in [1.165, 1.54) is 0 Å². The topological polar surface area (TPSA) is 17.8 Å². The highest BCUT2D eigenvalue weighted by molar-refractivity contribution is 9.10. The second-order valence-electron chi connectivity index (χ2n) is 4.45. The highest BCUT2D eigenvalue weighted by Crippen LogP contribution is 2.27. The Morgan fingerprint density at radius 1 is 1.10 bits per heavy atom. The molecule has 0 unspecified atom stereocenters. The quantitative estimate of drug-likeness (QED) is 0.577. The van der Waals surface area contributed by atoms with Crippen LogP contribution in [0.15, 0.2) is 46.9 Å². The molecule has 1 aromatic heterocycles. The van der Waals surface area contributed by atoms with Crippen molar-refractivity contribution in [2.75, 3.05) is 0 Å². The van der Waals surface area contributed by atoms with E-state index in [1.807, 2.05) is 36.4 Å². The van der Waals surface area contributed by atoms with E-state index >= 15 is 0 Å². The van der Waals surface area contributed by atoms with Crippen LogP contribution < -0.4 is 0 Å². The Kier molecular flexibility index (Phi) is 4.01. The number of alkyl halides is 1. The van der Waals surface area contributed by atoms with Gasteiger partial charge in [0, 0.05) is 4.47 Å². The van der Waals surface area contributed by atoms with Crippen LogP contribution in [0.4, 0.5) is 0 Å². The lowest BCUT2D eigenvalue weighted by molar-refractivity contribution is 0.776. The van der Waals surface area contributed by atoms with Gasteiger partial charge in [0.15, 0.2) is 0 Å². The smallest absolute Gasteiger partial charge is 0.125 e. The number of nitrogens with zero attached hydrogens (tertiary/aromatic N) is 2. The van der Waals surface area contributed by atoms with Crippen molar-refractivity contribution in [2.24, 2.45) is 0 Å². The van der Waals surface area contributed by atoms with Gasteiger partial charge in [0.1, 0.15) is 5.82 Å². The molecule has 20 heavy (non-hydrogen) atoms. The second kappa shape index (κ2) is 5.76. The molecule has 0 aliphatic heterocycles. The van der Waals surface area contributed by atoms with Gasteiger partial charge in [-0.2, -0.15) is 0 Å². The summed E-state index contributed by atoms with van der Waals surface area (Å²) in [5, 5.41) is 0.693. The number of hydrogen-bond donors (Lipinski definition) is 0. The van der Waals surface area contributed by atoms with Gasteiger partial charge in [-0.3, -0.25) is 0 Å². The molecule has 0 bridgehead atoms. The van der Waals surface area contributed by atoms with Crippen LogP contribution in [0.2, 0.25) is 5.02 Å². The molecule has 0 saturated carbocycles. The highest BCUT2D eigenvalue weighted by Gasteiger charge is 2.13. The fourth-order valence-electron chi connectivity index (χ4n) is 2.26. The number of aromatic nitrogens is 2. The van der Waals surface area contributed by atoms with E-state index in [-0.39, 0.29) is 0 Å². The summed E-state index contributed by atoms with van der Waals surface area (Å²) >= 11 is 15.9. The molecule has 0 fully saturated rings. The summed E-state index contributed by atoms with van der Waals surface area (Å²) in [5.74, 6) is 1.18. The van der Waals surface area contributed by atoms with E-state index in [9.17, 15) is 0 Å². The van der Waals surface area contributed by atoms with E-state index in [0.29, 0.717) is 17.4 Å². The van der Waals surface area contributed by atoms with Gasteiger partial charge >= 0.3 is 0 Å². The zero-order chi connectivity index (χ0) is 14.1. The first kappa shape index (κ1) is 13.9. The molecule has 0 N–H and O–H groups in total. The zero-order valence-corrected chi connectivity index (χ0v) is 13.6. The first-order chi connectivity index (χ1) is 9.70. The molecule has 3 rings (SSSR count). The minimum Gasteiger partial charge on any atom is -0.321 e. The fourth-order valence-corrected chi connectivity index (χ4v) is 3.14. The average molecular weight is 370 g/mol. The van der Waals surface area contributed by atoms with Crippen LogP contribution in [-0.2, 0) is 12.4 Å². The molecule has 0 spiro atoms. The Morgan fingerprint density at radius 3 is 2.65 bits per heavy atom. The van der Waals surface area contributed by atoms with Crippen molar-refractivity contribution >= 4 is 50.2 Å². The van der Waals surface area contributed by atoms with Crippen molar-refractivity contribution in [3.63, 3.8) is 0 Å². The van der Waals surface area contributed by atoms with Crippen LogP contribution in [0.25, 0.3) is 11.0 Å². The monoisotopic (exact) mass is 368 g/mol. The first-order valence-corrected chi connectivity index (χ1v) is 7.84. The standard InChI is InChI=1S/C15H11BrCl2N2/c16-11-5-2-1-4-10(11)9-20-14(8-17)19-13-7-3-6-12(18)15(13)20/h1-7H,8-9H2. The molecule has 0 aliphatic carbocycles. The molecule has 1 heterocycles.